The van der Waals surface area contributed by atoms with Gasteiger partial charge in [-0.3, -0.25) is 4.79 Å². The zero-order valence-electron chi connectivity index (χ0n) is 14.6. The van der Waals surface area contributed by atoms with Crippen LogP contribution in [0.15, 0.2) is 57.9 Å². The molecule has 0 atom stereocenters. The van der Waals surface area contributed by atoms with Gasteiger partial charge in [-0.15, -0.1) is 0 Å². The maximum atomic E-state index is 12.3. The van der Waals surface area contributed by atoms with Gasteiger partial charge in [-0.1, -0.05) is 29.3 Å². The highest BCUT2D eigenvalue weighted by molar-refractivity contribution is 9.10. The van der Waals surface area contributed by atoms with Crippen LogP contribution in [0, 0.1) is 0 Å². The number of amides is 1. The lowest BCUT2D eigenvalue weighted by molar-refractivity contribution is -0.115. The largest absolute Gasteiger partial charge is 0.494 e. The van der Waals surface area contributed by atoms with Crippen molar-refractivity contribution in [1.29, 1.82) is 0 Å². The normalized spacial score (nSPS) is 11.2. The van der Waals surface area contributed by atoms with E-state index in [0.29, 0.717) is 12.3 Å². The minimum Gasteiger partial charge on any atom is -0.494 e. The highest BCUT2D eigenvalue weighted by atomic mass is 79.9. The van der Waals surface area contributed by atoms with Gasteiger partial charge in [0.2, 0.25) is 5.91 Å². The molecule has 0 radical (unpaired) electrons. The second kappa shape index (κ2) is 9.73. The molecular formula is C19H22BrNO4S. The third-order valence-electron chi connectivity index (χ3n) is 3.68. The number of carbonyl (C=O) groups excluding carboxylic acids is 1. The topological polar surface area (TPSA) is 72.5 Å². The third kappa shape index (κ3) is 6.46. The van der Waals surface area contributed by atoms with Crippen LogP contribution >= 0.6 is 15.9 Å². The minimum atomic E-state index is -3.49. The molecular weight excluding hydrogens is 418 g/mol. The molecule has 2 aromatic rings. The predicted octanol–water partition coefficient (Wildman–Crippen LogP) is 4.43. The summed E-state index contributed by atoms with van der Waals surface area (Å²) in [7, 11) is -3.49. The van der Waals surface area contributed by atoms with E-state index in [1.54, 1.807) is 36.4 Å². The molecule has 0 saturated carbocycles. The minimum absolute atomic E-state index is 0.104. The van der Waals surface area contributed by atoms with Gasteiger partial charge in [0, 0.05) is 16.6 Å². The molecule has 0 aliphatic rings. The molecule has 0 aromatic heterocycles. The lowest BCUT2D eigenvalue weighted by Crippen LogP contribution is -2.17. The van der Waals surface area contributed by atoms with Crippen molar-refractivity contribution in [3.8, 4) is 5.75 Å². The molecule has 5 nitrogen and oxygen atoms in total. The van der Waals surface area contributed by atoms with Crippen molar-refractivity contribution < 1.29 is 17.9 Å². The van der Waals surface area contributed by atoms with Crippen LogP contribution in [0.5, 0.6) is 5.75 Å². The van der Waals surface area contributed by atoms with E-state index in [2.05, 4.69) is 28.2 Å². The second-order valence-corrected chi connectivity index (χ2v) is 8.82. The van der Waals surface area contributed by atoms with Gasteiger partial charge >= 0.3 is 0 Å². The maximum absolute atomic E-state index is 12.3. The van der Waals surface area contributed by atoms with E-state index in [4.69, 9.17) is 4.74 Å². The number of halogens is 1. The Labute approximate surface area is 162 Å². The van der Waals surface area contributed by atoms with Crippen LogP contribution < -0.4 is 10.1 Å². The van der Waals surface area contributed by atoms with Crippen LogP contribution in [-0.2, 0) is 14.6 Å². The first-order valence-electron chi connectivity index (χ1n) is 8.42. The second-order valence-electron chi connectivity index (χ2n) is 5.80. The fourth-order valence-electron chi connectivity index (χ4n) is 2.18. The lowest BCUT2D eigenvalue weighted by Gasteiger charge is -2.08. The van der Waals surface area contributed by atoms with E-state index in [-0.39, 0.29) is 23.0 Å². The van der Waals surface area contributed by atoms with E-state index in [9.17, 15) is 13.2 Å². The number of carbonyl (C=O) groups is 1. The molecule has 0 aliphatic carbocycles. The number of anilines is 1. The number of benzene rings is 2. The molecule has 1 amide bonds. The summed E-state index contributed by atoms with van der Waals surface area (Å²) >= 11 is 3.27. The molecule has 2 aromatic carbocycles. The van der Waals surface area contributed by atoms with Crippen LogP contribution in [0.2, 0.25) is 0 Å². The molecule has 0 saturated heterocycles. The fraction of sp³-hybridized carbons (Fsp3) is 0.316. The first kappa shape index (κ1) is 20.5. The monoisotopic (exact) mass is 439 g/mol. The smallest absolute Gasteiger partial charge is 0.225 e. The predicted molar refractivity (Wildman–Crippen MR) is 106 cm³/mol. The zero-order chi connectivity index (χ0) is 19.0. The summed E-state index contributed by atoms with van der Waals surface area (Å²) in [6.07, 6.45) is 1.95. The average molecular weight is 440 g/mol. The number of ether oxygens (including phenoxy) is 1. The van der Waals surface area contributed by atoms with Crippen molar-refractivity contribution in [2.45, 2.75) is 31.1 Å². The van der Waals surface area contributed by atoms with Crippen molar-refractivity contribution in [2.75, 3.05) is 17.7 Å². The van der Waals surface area contributed by atoms with Crippen LogP contribution in [0.1, 0.15) is 26.2 Å². The average Bonchev–Trinajstić information content (AvgIpc) is 2.62. The Morgan fingerprint density at radius 1 is 1.08 bits per heavy atom. The zero-order valence-corrected chi connectivity index (χ0v) is 17.0. The van der Waals surface area contributed by atoms with Crippen molar-refractivity contribution in [1.82, 2.24) is 0 Å². The van der Waals surface area contributed by atoms with Crippen LogP contribution in [0.3, 0.4) is 0 Å². The van der Waals surface area contributed by atoms with E-state index >= 15 is 0 Å². The molecule has 7 heteroatoms. The van der Waals surface area contributed by atoms with Crippen molar-refractivity contribution in [2.24, 2.45) is 0 Å². The highest BCUT2D eigenvalue weighted by Gasteiger charge is 2.16. The molecule has 0 heterocycles. The summed E-state index contributed by atoms with van der Waals surface area (Å²) in [5.74, 6) is 0.165. The summed E-state index contributed by atoms with van der Waals surface area (Å²) in [5.41, 5.74) is 0.610. The van der Waals surface area contributed by atoms with E-state index in [0.717, 1.165) is 23.1 Å². The van der Waals surface area contributed by atoms with E-state index in [1.165, 1.54) is 12.1 Å². The lowest BCUT2D eigenvalue weighted by atomic mass is 10.3. The van der Waals surface area contributed by atoms with Gasteiger partial charge in [0.25, 0.3) is 0 Å². The first-order chi connectivity index (χ1) is 12.4. The molecule has 2 rings (SSSR count). The van der Waals surface area contributed by atoms with Crippen LogP contribution in [0.4, 0.5) is 5.69 Å². The Hall–Kier alpha value is -1.86. The number of hydrogen-bond donors (Lipinski definition) is 1. The SMILES string of the molecule is CCCCOc1ccc(NC(=O)CCS(=O)(=O)c2ccc(Br)cc2)cc1. The molecule has 1 N–H and O–H groups in total. The molecule has 0 unspecified atom stereocenters. The molecule has 0 spiro atoms. The van der Waals surface area contributed by atoms with Gasteiger partial charge in [-0.2, -0.15) is 0 Å². The fourth-order valence-corrected chi connectivity index (χ4v) is 3.68. The number of sulfone groups is 1. The van der Waals surface area contributed by atoms with Crippen LogP contribution in [-0.4, -0.2) is 26.7 Å². The number of nitrogens with one attached hydrogen (secondary N) is 1. The Morgan fingerprint density at radius 3 is 2.35 bits per heavy atom. The quantitative estimate of drug-likeness (QED) is 0.586. The summed E-state index contributed by atoms with van der Waals surface area (Å²) in [4.78, 5) is 12.2. The third-order valence-corrected chi connectivity index (χ3v) is 5.94. The van der Waals surface area contributed by atoms with Gasteiger partial charge in [0.1, 0.15) is 5.75 Å². The van der Waals surface area contributed by atoms with E-state index in [1.807, 2.05) is 0 Å². The highest BCUT2D eigenvalue weighted by Crippen LogP contribution is 2.18. The number of rotatable bonds is 9. The molecule has 0 fully saturated rings. The van der Waals surface area contributed by atoms with Gasteiger partial charge in [-0.25, -0.2) is 8.42 Å². The first-order valence-corrected chi connectivity index (χ1v) is 10.9. The Morgan fingerprint density at radius 2 is 1.73 bits per heavy atom. The molecule has 0 bridgehead atoms. The molecule has 0 aliphatic heterocycles. The van der Waals surface area contributed by atoms with Gasteiger partial charge in [-0.05, 0) is 55.0 Å². The Bertz CT molecular complexity index is 818. The van der Waals surface area contributed by atoms with Gasteiger partial charge in [0.05, 0.1) is 17.3 Å². The van der Waals surface area contributed by atoms with Gasteiger partial charge < -0.3 is 10.1 Å². The maximum Gasteiger partial charge on any atom is 0.225 e. The van der Waals surface area contributed by atoms with Crippen molar-refractivity contribution in [3.05, 3.63) is 53.0 Å². The molecule has 26 heavy (non-hydrogen) atoms. The standard InChI is InChI=1S/C19H22BrNO4S/c1-2-3-13-25-17-8-6-16(7-9-17)21-19(22)12-14-26(23,24)18-10-4-15(20)5-11-18/h4-11H,2-3,12-14H2,1H3,(H,21,22). The van der Waals surface area contributed by atoms with Crippen molar-refractivity contribution in [3.63, 3.8) is 0 Å². The Balaban J connectivity index is 1.85. The summed E-state index contributed by atoms with van der Waals surface area (Å²) in [6, 6.07) is 13.4. The number of hydrogen-bond acceptors (Lipinski definition) is 4. The van der Waals surface area contributed by atoms with Crippen molar-refractivity contribution >= 4 is 37.4 Å². The summed E-state index contributed by atoms with van der Waals surface area (Å²) in [6.45, 7) is 2.76. The van der Waals surface area contributed by atoms with Gasteiger partial charge in [0.15, 0.2) is 9.84 Å². The summed E-state index contributed by atoms with van der Waals surface area (Å²) < 4.78 is 30.9. The number of unbranched alkanes of at least 4 members (excludes halogenated alkanes) is 1. The molecule has 140 valence electrons. The van der Waals surface area contributed by atoms with Crippen LogP contribution in [0.25, 0.3) is 0 Å². The van der Waals surface area contributed by atoms with E-state index < -0.39 is 9.84 Å². The Kier molecular flexibility index (Phi) is 7.66. The summed E-state index contributed by atoms with van der Waals surface area (Å²) in [5, 5.41) is 2.70.